The fourth-order valence-corrected chi connectivity index (χ4v) is 5.70. The molecule has 0 aromatic heterocycles. The number of methoxy groups -OCH3 is 1. The van der Waals surface area contributed by atoms with Crippen molar-refractivity contribution in [3.8, 4) is 5.75 Å². The Balaban J connectivity index is 1.39. The maximum absolute atomic E-state index is 14.4. The molecule has 3 aliphatic heterocycles. The SMILES string of the molecule is CCOC(=O)N1C2CCC(N3CCC(c4cc(OC)cc(F)c4F)CC3)CC1CC2. The minimum atomic E-state index is -0.842. The van der Waals surface area contributed by atoms with E-state index in [4.69, 9.17) is 9.47 Å². The predicted octanol–water partition coefficient (Wildman–Crippen LogP) is 4.69. The largest absolute Gasteiger partial charge is 0.497 e. The minimum absolute atomic E-state index is 0.00381. The van der Waals surface area contributed by atoms with Crippen LogP contribution in [0, 0.1) is 11.6 Å². The molecule has 1 amide bonds. The summed E-state index contributed by atoms with van der Waals surface area (Å²) in [5, 5.41) is 0. The third-order valence-electron chi connectivity index (χ3n) is 7.23. The highest BCUT2D eigenvalue weighted by atomic mass is 19.2. The van der Waals surface area contributed by atoms with Crippen LogP contribution in [0.1, 0.15) is 63.4 Å². The summed E-state index contributed by atoms with van der Waals surface area (Å²) in [6, 6.07) is 3.73. The van der Waals surface area contributed by atoms with Gasteiger partial charge in [0.1, 0.15) is 5.75 Å². The molecule has 1 aromatic rings. The van der Waals surface area contributed by atoms with Crippen LogP contribution in [-0.2, 0) is 4.74 Å². The normalized spacial score (nSPS) is 27.7. The number of halogens is 2. The summed E-state index contributed by atoms with van der Waals surface area (Å²) < 4.78 is 38.8. The number of nitrogens with zero attached hydrogens (tertiary/aromatic N) is 2. The van der Waals surface area contributed by atoms with Gasteiger partial charge in [-0.05, 0) is 82.5 Å². The van der Waals surface area contributed by atoms with Gasteiger partial charge in [-0.25, -0.2) is 13.6 Å². The minimum Gasteiger partial charge on any atom is -0.497 e. The number of fused-ring (bicyclic) bond motifs is 2. The molecule has 5 nitrogen and oxygen atoms in total. The van der Waals surface area contributed by atoms with Crippen LogP contribution in [0.25, 0.3) is 0 Å². The Kier molecular flexibility index (Phi) is 6.46. The second-order valence-corrected chi connectivity index (χ2v) is 8.78. The lowest BCUT2D eigenvalue weighted by Crippen LogP contribution is -2.44. The van der Waals surface area contributed by atoms with Gasteiger partial charge in [0.2, 0.25) is 0 Å². The zero-order chi connectivity index (χ0) is 21.3. The summed E-state index contributed by atoms with van der Waals surface area (Å²) in [4.78, 5) is 16.9. The van der Waals surface area contributed by atoms with E-state index in [0.29, 0.717) is 30.0 Å². The first-order valence-corrected chi connectivity index (χ1v) is 11.2. The van der Waals surface area contributed by atoms with Crippen LogP contribution in [0.3, 0.4) is 0 Å². The molecule has 0 aliphatic carbocycles. The second-order valence-electron chi connectivity index (χ2n) is 8.78. The Morgan fingerprint density at radius 1 is 1.03 bits per heavy atom. The zero-order valence-electron chi connectivity index (χ0n) is 17.9. The van der Waals surface area contributed by atoms with Crippen LogP contribution in [0.2, 0.25) is 0 Å². The molecule has 3 heterocycles. The lowest BCUT2D eigenvalue weighted by atomic mass is 9.87. The standard InChI is InChI=1S/C23H32F2N2O3/c1-3-30-23(28)27-16-4-6-17(12-18(27)7-5-16)26-10-8-15(9-11-26)20-13-19(29-2)14-21(24)22(20)25/h13-18H,3-12H2,1-2H3. The topological polar surface area (TPSA) is 42.0 Å². The molecule has 0 saturated carbocycles. The van der Waals surface area contributed by atoms with Crippen molar-refractivity contribution in [2.24, 2.45) is 0 Å². The Bertz CT molecular complexity index is 767. The van der Waals surface area contributed by atoms with Crippen molar-refractivity contribution in [3.05, 3.63) is 29.3 Å². The maximum atomic E-state index is 14.4. The van der Waals surface area contributed by atoms with Gasteiger partial charge in [-0.2, -0.15) is 0 Å². The first kappa shape index (κ1) is 21.3. The fraction of sp³-hybridized carbons (Fsp3) is 0.696. The summed E-state index contributed by atoms with van der Waals surface area (Å²) in [5.74, 6) is -1.22. The number of hydrogen-bond donors (Lipinski definition) is 0. The van der Waals surface area contributed by atoms with E-state index in [0.717, 1.165) is 64.1 Å². The van der Waals surface area contributed by atoms with Crippen LogP contribution in [0.5, 0.6) is 5.75 Å². The van der Waals surface area contributed by atoms with Crippen molar-refractivity contribution < 1.29 is 23.0 Å². The quantitative estimate of drug-likeness (QED) is 0.706. The number of carbonyl (C=O) groups excluding carboxylic acids is 1. The third kappa shape index (κ3) is 4.13. The van der Waals surface area contributed by atoms with Crippen LogP contribution >= 0.6 is 0 Å². The highest BCUT2D eigenvalue weighted by molar-refractivity contribution is 5.69. The van der Waals surface area contributed by atoms with Crippen LogP contribution in [0.4, 0.5) is 13.6 Å². The smallest absolute Gasteiger partial charge is 0.410 e. The summed E-state index contributed by atoms with van der Waals surface area (Å²) in [7, 11) is 1.47. The first-order chi connectivity index (χ1) is 14.5. The molecule has 3 unspecified atom stereocenters. The summed E-state index contributed by atoms with van der Waals surface area (Å²) >= 11 is 0. The number of ether oxygens (including phenoxy) is 2. The average molecular weight is 423 g/mol. The molecular weight excluding hydrogens is 390 g/mol. The van der Waals surface area contributed by atoms with E-state index in [1.54, 1.807) is 6.07 Å². The van der Waals surface area contributed by atoms with Crippen LogP contribution < -0.4 is 4.74 Å². The van der Waals surface area contributed by atoms with E-state index < -0.39 is 11.6 Å². The number of piperidine rings is 1. The van der Waals surface area contributed by atoms with Crippen LogP contribution in [0.15, 0.2) is 12.1 Å². The van der Waals surface area contributed by atoms with Gasteiger partial charge < -0.3 is 19.3 Å². The number of amides is 1. The van der Waals surface area contributed by atoms with E-state index in [1.807, 2.05) is 11.8 Å². The Labute approximate surface area is 177 Å². The molecule has 2 bridgehead atoms. The molecular formula is C23H32F2N2O3. The second kappa shape index (κ2) is 9.08. The molecule has 0 N–H and O–H groups in total. The number of hydrogen-bond acceptors (Lipinski definition) is 4. The van der Waals surface area contributed by atoms with Gasteiger partial charge in [0.25, 0.3) is 0 Å². The summed E-state index contributed by atoms with van der Waals surface area (Å²) in [6.45, 7) is 3.99. The highest BCUT2D eigenvalue weighted by Crippen LogP contribution is 2.39. The monoisotopic (exact) mass is 422 g/mol. The Morgan fingerprint density at radius 2 is 1.70 bits per heavy atom. The molecule has 30 heavy (non-hydrogen) atoms. The lowest BCUT2D eigenvalue weighted by Gasteiger charge is -2.38. The van der Waals surface area contributed by atoms with E-state index in [1.165, 1.54) is 7.11 Å². The van der Waals surface area contributed by atoms with Crippen molar-refractivity contribution >= 4 is 6.09 Å². The third-order valence-corrected chi connectivity index (χ3v) is 7.23. The van der Waals surface area contributed by atoms with Gasteiger partial charge in [-0.15, -0.1) is 0 Å². The van der Waals surface area contributed by atoms with Gasteiger partial charge in [0, 0.05) is 24.2 Å². The predicted molar refractivity (Wildman–Crippen MR) is 110 cm³/mol. The molecule has 3 fully saturated rings. The van der Waals surface area contributed by atoms with E-state index in [-0.39, 0.29) is 18.1 Å². The molecule has 0 spiro atoms. The van der Waals surface area contributed by atoms with Gasteiger partial charge >= 0.3 is 6.09 Å². The molecule has 0 radical (unpaired) electrons. The van der Waals surface area contributed by atoms with Gasteiger partial charge in [-0.3, -0.25) is 0 Å². The molecule has 4 rings (SSSR count). The van der Waals surface area contributed by atoms with Crippen molar-refractivity contribution in [2.45, 2.75) is 75.9 Å². The van der Waals surface area contributed by atoms with Crippen molar-refractivity contribution in [1.82, 2.24) is 9.80 Å². The Morgan fingerprint density at radius 3 is 2.37 bits per heavy atom. The molecule has 1 aromatic carbocycles. The zero-order valence-corrected chi connectivity index (χ0v) is 17.9. The van der Waals surface area contributed by atoms with Crippen molar-refractivity contribution in [3.63, 3.8) is 0 Å². The number of carbonyl (C=O) groups is 1. The fourth-order valence-electron chi connectivity index (χ4n) is 5.70. The number of benzene rings is 1. The highest BCUT2D eigenvalue weighted by Gasteiger charge is 2.43. The lowest BCUT2D eigenvalue weighted by molar-refractivity contribution is 0.0844. The average Bonchev–Trinajstić information content (AvgIpc) is 3.04. The van der Waals surface area contributed by atoms with Crippen molar-refractivity contribution in [2.75, 3.05) is 26.8 Å². The van der Waals surface area contributed by atoms with E-state index in [9.17, 15) is 13.6 Å². The number of rotatable bonds is 4. The van der Waals surface area contributed by atoms with Gasteiger partial charge in [0.15, 0.2) is 11.6 Å². The first-order valence-electron chi connectivity index (χ1n) is 11.2. The molecule has 7 heteroatoms. The van der Waals surface area contributed by atoms with E-state index in [2.05, 4.69) is 4.90 Å². The van der Waals surface area contributed by atoms with Gasteiger partial charge in [-0.1, -0.05) is 0 Å². The number of likely N-dealkylation sites (tertiary alicyclic amines) is 1. The molecule has 3 saturated heterocycles. The van der Waals surface area contributed by atoms with E-state index >= 15 is 0 Å². The molecule has 166 valence electrons. The maximum Gasteiger partial charge on any atom is 0.410 e. The Hall–Kier alpha value is -1.89. The molecule has 3 aliphatic rings. The van der Waals surface area contributed by atoms with Crippen molar-refractivity contribution in [1.29, 1.82) is 0 Å². The van der Waals surface area contributed by atoms with Gasteiger partial charge in [0.05, 0.1) is 13.7 Å². The van der Waals surface area contributed by atoms with Crippen LogP contribution in [-0.4, -0.2) is 60.8 Å². The summed E-state index contributed by atoms with van der Waals surface area (Å²) in [6.07, 6.45) is 6.61. The molecule has 3 atom stereocenters. The summed E-state index contributed by atoms with van der Waals surface area (Å²) in [5.41, 5.74) is 0.430.